The number of primary amides is 2. The van der Waals surface area contributed by atoms with E-state index < -0.39 is 0 Å². The first-order chi connectivity index (χ1) is 9.85. The van der Waals surface area contributed by atoms with Gasteiger partial charge >= 0.3 is 0 Å². The van der Waals surface area contributed by atoms with Crippen molar-refractivity contribution in [1.29, 1.82) is 0 Å². The predicted molar refractivity (Wildman–Crippen MR) is 88.1 cm³/mol. The van der Waals surface area contributed by atoms with Crippen LogP contribution in [0.4, 0.5) is 0 Å². The van der Waals surface area contributed by atoms with Gasteiger partial charge in [0.2, 0.25) is 11.8 Å². The third-order valence-corrected chi connectivity index (χ3v) is 4.42. The number of nitrogens with two attached hydrogens (primary N) is 2. The fraction of sp³-hybridized carbons (Fsp3) is 0.875. The van der Waals surface area contributed by atoms with Crippen molar-refractivity contribution in [2.24, 2.45) is 11.5 Å². The lowest BCUT2D eigenvalue weighted by Gasteiger charge is -2.47. The van der Waals surface area contributed by atoms with E-state index in [4.69, 9.17) is 11.5 Å². The molecule has 2 atom stereocenters. The average Bonchev–Trinajstić information content (AvgIpc) is 2.04. The maximum Gasteiger partial charge on any atom is 0.234 e. The monoisotopic (exact) mass is 312 g/mol. The highest BCUT2D eigenvalue weighted by Gasteiger charge is 2.39. The van der Waals surface area contributed by atoms with Gasteiger partial charge in [0.15, 0.2) is 0 Å². The second kappa shape index (κ2) is 6.54. The molecule has 0 bridgehead atoms. The van der Waals surface area contributed by atoms with Crippen LogP contribution in [-0.2, 0) is 9.59 Å². The van der Waals surface area contributed by atoms with Crippen LogP contribution in [0.2, 0.25) is 0 Å². The topological polar surface area (TPSA) is 92.7 Å². The van der Waals surface area contributed by atoms with Crippen LogP contribution in [0.5, 0.6) is 0 Å². The van der Waals surface area contributed by atoms with Crippen LogP contribution >= 0.6 is 0 Å². The lowest BCUT2D eigenvalue weighted by atomic mass is 9.93. The van der Waals surface area contributed by atoms with Crippen LogP contribution in [-0.4, -0.2) is 57.9 Å². The highest BCUT2D eigenvalue weighted by atomic mass is 16.2. The van der Waals surface area contributed by atoms with Gasteiger partial charge in [0, 0.05) is 24.2 Å². The lowest BCUT2D eigenvalue weighted by molar-refractivity contribution is -0.132. The van der Waals surface area contributed by atoms with E-state index in [0.717, 1.165) is 25.9 Å². The standard InChI is InChI=1S/2C8H16N2O/c2*1-8(2,3)10-5-4-6(10)7(9)11/h2*6H,4-5H2,1-3H3,(H2,9,11). The molecule has 2 amide bonds. The van der Waals surface area contributed by atoms with Crippen LogP contribution in [0.25, 0.3) is 0 Å². The molecule has 4 N–H and O–H groups in total. The van der Waals surface area contributed by atoms with Crippen molar-refractivity contribution >= 4 is 11.8 Å². The fourth-order valence-electron chi connectivity index (χ4n) is 2.97. The molecule has 0 spiro atoms. The number of carbonyl (C=O) groups excluding carboxylic acids is 2. The molecule has 0 aromatic carbocycles. The summed E-state index contributed by atoms with van der Waals surface area (Å²) in [5.74, 6) is -0.377. The average molecular weight is 312 g/mol. The summed E-state index contributed by atoms with van der Waals surface area (Å²) in [6.45, 7) is 14.6. The molecular weight excluding hydrogens is 280 g/mol. The predicted octanol–water partition coefficient (Wildman–Crippen LogP) is 0.689. The molecule has 2 aliphatic rings. The molecule has 2 fully saturated rings. The van der Waals surface area contributed by atoms with E-state index >= 15 is 0 Å². The Morgan fingerprint density at radius 3 is 1.09 bits per heavy atom. The second-order valence-electron chi connectivity index (χ2n) is 8.14. The molecule has 6 heteroatoms. The van der Waals surface area contributed by atoms with Gasteiger partial charge in [-0.2, -0.15) is 0 Å². The first kappa shape index (κ1) is 18.9. The Morgan fingerprint density at radius 1 is 0.773 bits per heavy atom. The number of hydrogen-bond acceptors (Lipinski definition) is 4. The number of amides is 2. The summed E-state index contributed by atoms with van der Waals surface area (Å²) < 4.78 is 0. The number of hydrogen-bond donors (Lipinski definition) is 2. The molecule has 6 nitrogen and oxygen atoms in total. The number of carbonyl (C=O) groups is 2. The second-order valence-corrected chi connectivity index (χ2v) is 8.14. The van der Waals surface area contributed by atoms with E-state index in [2.05, 4.69) is 51.3 Å². The minimum atomic E-state index is -0.189. The van der Waals surface area contributed by atoms with Gasteiger partial charge in [0.05, 0.1) is 12.1 Å². The molecule has 0 saturated carbocycles. The molecular formula is C16H32N4O2. The molecule has 0 aromatic heterocycles. The Morgan fingerprint density at radius 2 is 1.05 bits per heavy atom. The number of likely N-dealkylation sites (tertiary alicyclic amines) is 2. The summed E-state index contributed by atoms with van der Waals surface area (Å²) in [4.78, 5) is 25.9. The lowest BCUT2D eigenvalue weighted by Crippen LogP contribution is -2.61. The molecule has 2 saturated heterocycles. The van der Waals surface area contributed by atoms with Gasteiger partial charge in [0.1, 0.15) is 0 Å². The van der Waals surface area contributed by atoms with Crippen molar-refractivity contribution in [3.05, 3.63) is 0 Å². The van der Waals surface area contributed by atoms with Gasteiger partial charge in [0.25, 0.3) is 0 Å². The van der Waals surface area contributed by atoms with Crippen LogP contribution in [0.15, 0.2) is 0 Å². The zero-order chi connectivity index (χ0) is 17.3. The maximum absolute atomic E-state index is 10.8. The smallest absolute Gasteiger partial charge is 0.234 e. The van der Waals surface area contributed by atoms with Crippen LogP contribution < -0.4 is 11.5 Å². The first-order valence-electron chi connectivity index (χ1n) is 7.98. The summed E-state index contributed by atoms with van der Waals surface area (Å²) >= 11 is 0. The number of rotatable bonds is 2. The summed E-state index contributed by atoms with van der Waals surface area (Å²) in [5.41, 5.74) is 10.6. The van der Waals surface area contributed by atoms with E-state index in [9.17, 15) is 9.59 Å². The van der Waals surface area contributed by atoms with Crippen molar-refractivity contribution in [3.63, 3.8) is 0 Å². The highest BCUT2D eigenvalue weighted by molar-refractivity contribution is 5.81. The molecule has 128 valence electrons. The Balaban J connectivity index is 0.000000220. The molecule has 2 aliphatic heterocycles. The largest absolute Gasteiger partial charge is 0.368 e. The van der Waals surface area contributed by atoms with E-state index in [1.165, 1.54) is 0 Å². The zero-order valence-electron chi connectivity index (χ0n) is 14.8. The van der Waals surface area contributed by atoms with Gasteiger partial charge in [-0.3, -0.25) is 19.4 Å². The van der Waals surface area contributed by atoms with E-state index in [1.54, 1.807) is 0 Å². The molecule has 2 unspecified atom stereocenters. The van der Waals surface area contributed by atoms with Gasteiger partial charge < -0.3 is 11.5 Å². The van der Waals surface area contributed by atoms with E-state index in [1.807, 2.05) is 0 Å². The molecule has 2 heterocycles. The quantitative estimate of drug-likeness (QED) is 0.784. The minimum Gasteiger partial charge on any atom is -0.368 e. The molecule has 2 rings (SSSR count). The summed E-state index contributed by atoms with van der Waals surface area (Å²) in [6.07, 6.45) is 1.85. The third-order valence-electron chi connectivity index (χ3n) is 4.42. The maximum atomic E-state index is 10.8. The van der Waals surface area contributed by atoms with Gasteiger partial charge in [-0.25, -0.2) is 0 Å². The Labute approximate surface area is 134 Å². The third kappa shape index (κ3) is 4.43. The summed E-state index contributed by atoms with van der Waals surface area (Å²) in [7, 11) is 0. The van der Waals surface area contributed by atoms with Crippen LogP contribution in [0.1, 0.15) is 54.4 Å². The summed E-state index contributed by atoms with van der Waals surface area (Å²) in [6, 6.07) is -0.0370. The minimum absolute atomic E-state index is 0.0185. The van der Waals surface area contributed by atoms with E-state index in [0.29, 0.717) is 0 Å². The van der Waals surface area contributed by atoms with E-state index in [-0.39, 0.29) is 35.0 Å². The SMILES string of the molecule is CC(C)(C)N1CCC1C(N)=O.CC(C)(C)N1CCC1C(N)=O. The van der Waals surface area contributed by atoms with Crippen molar-refractivity contribution in [2.45, 2.75) is 77.5 Å². The zero-order valence-corrected chi connectivity index (χ0v) is 14.8. The fourth-order valence-corrected chi connectivity index (χ4v) is 2.97. The van der Waals surface area contributed by atoms with Crippen molar-refractivity contribution < 1.29 is 9.59 Å². The van der Waals surface area contributed by atoms with Crippen molar-refractivity contribution in [3.8, 4) is 0 Å². The first-order valence-corrected chi connectivity index (χ1v) is 7.98. The molecule has 22 heavy (non-hydrogen) atoms. The Bertz CT molecular complexity index is 383. The van der Waals surface area contributed by atoms with Gasteiger partial charge in [-0.15, -0.1) is 0 Å². The Kier molecular flexibility index (Phi) is 5.62. The number of nitrogens with zero attached hydrogens (tertiary/aromatic N) is 2. The van der Waals surface area contributed by atoms with Crippen LogP contribution in [0.3, 0.4) is 0 Å². The normalized spacial score (nSPS) is 26.3. The Hall–Kier alpha value is -1.14. The molecule has 0 aromatic rings. The highest BCUT2D eigenvalue weighted by Crippen LogP contribution is 2.27. The van der Waals surface area contributed by atoms with Gasteiger partial charge in [-0.05, 0) is 54.4 Å². The molecule has 0 radical (unpaired) electrons. The van der Waals surface area contributed by atoms with Crippen molar-refractivity contribution in [1.82, 2.24) is 9.80 Å². The van der Waals surface area contributed by atoms with Crippen LogP contribution in [0, 0.1) is 0 Å². The van der Waals surface area contributed by atoms with Gasteiger partial charge in [-0.1, -0.05) is 0 Å². The molecule has 0 aliphatic carbocycles. The summed E-state index contributed by atoms with van der Waals surface area (Å²) in [5, 5.41) is 0. The van der Waals surface area contributed by atoms with Crippen molar-refractivity contribution in [2.75, 3.05) is 13.1 Å².